The maximum atomic E-state index is 12.2. The summed E-state index contributed by atoms with van der Waals surface area (Å²) < 4.78 is 5.31. The monoisotopic (exact) mass is 271 g/mol. The molecule has 19 heavy (non-hydrogen) atoms. The van der Waals surface area contributed by atoms with Crippen LogP contribution in [0.25, 0.3) is 0 Å². The Hall–Kier alpha value is -1.14. The van der Waals surface area contributed by atoms with Crippen molar-refractivity contribution < 1.29 is 14.3 Å². The minimum absolute atomic E-state index is 0.151. The largest absolute Gasteiger partial charge is 0.377 e. The summed E-state index contributed by atoms with van der Waals surface area (Å²) in [6.07, 6.45) is 2.35. The normalized spacial score (nSPS) is 21.0. The molecule has 1 rings (SSSR count). The number of nitrogens with two attached hydrogens (primary N) is 1. The average Bonchev–Trinajstić information content (AvgIpc) is 2.44. The van der Waals surface area contributed by atoms with Crippen molar-refractivity contribution in [2.24, 2.45) is 5.73 Å². The van der Waals surface area contributed by atoms with E-state index in [1.165, 1.54) is 0 Å². The number of hydrogen-bond acceptors (Lipinski definition) is 4. The van der Waals surface area contributed by atoms with E-state index in [9.17, 15) is 9.59 Å². The molecule has 0 aromatic carbocycles. The first-order valence-electron chi connectivity index (χ1n) is 7.03. The van der Waals surface area contributed by atoms with E-state index in [0.717, 1.165) is 12.8 Å². The van der Waals surface area contributed by atoms with E-state index in [0.29, 0.717) is 26.1 Å². The zero-order valence-corrected chi connectivity index (χ0v) is 11.9. The van der Waals surface area contributed by atoms with E-state index in [-0.39, 0.29) is 18.4 Å². The summed E-state index contributed by atoms with van der Waals surface area (Å²) in [5, 5.41) is 2.80. The van der Waals surface area contributed by atoms with E-state index < -0.39 is 12.1 Å². The molecule has 2 atom stereocenters. The predicted molar refractivity (Wildman–Crippen MR) is 72.5 cm³/mol. The van der Waals surface area contributed by atoms with Gasteiger partial charge in [-0.15, -0.1) is 0 Å². The SMILES string of the molecule is CCCNC(=O)C1COCCN1C(=O)[C@@H](N)CCC. The first kappa shape index (κ1) is 15.9. The molecule has 3 N–H and O–H groups in total. The second-order valence-corrected chi connectivity index (χ2v) is 4.81. The lowest BCUT2D eigenvalue weighted by molar-refractivity contribution is -0.149. The molecule has 0 aliphatic carbocycles. The Morgan fingerprint density at radius 3 is 2.79 bits per heavy atom. The summed E-state index contributed by atoms with van der Waals surface area (Å²) in [7, 11) is 0. The second kappa shape index (κ2) is 8.12. The molecule has 1 heterocycles. The standard InChI is InChI=1S/C13H25N3O3/c1-3-5-10(14)13(18)16-7-8-19-9-11(16)12(17)15-6-4-2/h10-11H,3-9,14H2,1-2H3,(H,15,17)/t10-,11?/m0/s1. The zero-order chi connectivity index (χ0) is 14.3. The van der Waals surface area contributed by atoms with Gasteiger partial charge in [0.1, 0.15) is 6.04 Å². The van der Waals surface area contributed by atoms with Gasteiger partial charge in [0.05, 0.1) is 19.3 Å². The van der Waals surface area contributed by atoms with Crippen LogP contribution in [-0.2, 0) is 14.3 Å². The average molecular weight is 271 g/mol. The van der Waals surface area contributed by atoms with Crippen LogP contribution in [0.1, 0.15) is 33.1 Å². The quantitative estimate of drug-likeness (QED) is 0.704. The Morgan fingerprint density at radius 2 is 2.16 bits per heavy atom. The van der Waals surface area contributed by atoms with Gasteiger partial charge in [0.2, 0.25) is 11.8 Å². The van der Waals surface area contributed by atoms with Gasteiger partial charge in [0, 0.05) is 13.1 Å². The van der Waals surface area contributed by atoms with Gasteiger partial charge in [-0.2, -0.15) is 0 Å². The van der Waals surface area contributed by atoms with Crippen molar-refractivity contribution in [3.05, 3.63) is 0 Å². The fraction of sp³-hybridized carbons (Fsp3) is 0.846. The van der Waals surface area contributed by atoms with Crippen molar-refractivity contribution in [2.75, 3.05) is 26.3 Å². The van der Waals surface area contributed by atoms with Crippen LogP contribution in [0.4, 0.5) is 0 Å². The molecule has 0 aromatic heterocycles. The highest BCUT2D eigenvalue weighted by Crippen LogP contribution is 2.10. The first-order chi connectivity index (χ1) is 9.11. The molecule has 1 unspecified atom stereocenters. The fourth-order valence-electron chi connectivity index (χ4n) is 2.10. The van der Waals surface area contributed by atoms with Crippen LogP contribution in [0.15, 0.2) is 0 Å². The Bertz CT molecular complexity index is 310. The maximum absolute atomic E-state index is 12.2. The molecule has 0 aromatic rings. The molecule has 2 amide bonds. The van der Waals surface area contributed by atoms with Gasteiger partial charge in [-0.05, 0) is 12.8 Å². The number of ether oxygens (including phenoxy) is 1. The van der Waals surface area contributed by atoms with Crippen molar-refractivity contribution in [3.63, 3.8) is 0 Å². The van der Waals surface area contributed by atoms with Gasteiger partial charge in [-0.25, -0.2) is 0 Å². The third kappa shape index (κ3) is 4.47. The number of carbonyl (C=O) groups is 2. The van der Waals surface area contributed by atoms with Crippen molar-refractivity contribution in [2.45, 2.75) is 45.2 Å². The van der Waals surface area contributed by atoms with Crippen LogP contribution in [0.2, 0.25) is 0 Å². The summed E-state index contributed by atoms with van der Waals surface area (Å²) in [5.74, 6) is -0.305. The lowest BCUT2D eigenvalue weighted by Crippen LogP contribution is -2.59. The van der Waals surface area contributed by atoms with E-state index in [2.05, 4.69) is 5.32 Å². The molecule has 110 valence electrons. The minimum atomic E-state index is -0.546. The molecule has 1 fully saturated rings. The molecule has 1 aliphatic heterocycles. The van der Waals surface area contributed by atoms with Crippen molar-refractivity contribution in [1.29, 1.82) is 0 Å². The van der Waals surface area contributed by atoms with E-state index >= 15 is 0 Å². The highest BCUT2D eigenvalue weighted by atomic mass is 16.5. The Labute approximate surface area is 114 Å². The fourth-order valence-corrected chi connectivity index (χ4v) is 2.10. The van der Waals surface area contributed by atoms with Crippen LogP contribution >= 0.6 is 0 Å². The third-order valence-corrected chi connectivity index (χ3v) is 3.18. The van der Waals surface area contributed by atoms with Gasteiger partial charge in [-0.1, -0.05) is 20.3 Å². The van der Waals surface area contributed by atoms with Gasteiger partial charge in [0.15, 0.2) is 0 Å². The molecule has 0 radical (unpaired) electrons. The van der Waals surface area contributed by atoms with Crippen molar-refractivity contribution in [1.82, 2.24) is 10.2 Å². The number of amides is 2. The predicted octanol–water partition coefficient (Wildman–Crippen LogP) is -0.133. The minimum Gasteiger partial charge on any atom is -0.377 e. The number of morpholine rings is 1. The van der Waals surface area contributed by atoms with Gasteiger partial charge >= 0.3 is 0 Å². The number of carbonyl (C=O) groups excluding carboxylic acids is 2. The Balaban J connectivity index is 2.66. The van der Waals surface area contributed by atoms with Crippen molar-refractivity contribution in [3.8, 4) is 0 Å². The van der Waals surface area contributed by atoms with Crippen molar-refractivity contribution >= 4 is 11.8 Å². The summed E-state index contributed by atoms with van der Waals surface area (Å²) in [6.45, 7) is 5.72. The second-order valence-electron chi connectivity index (χ2n) is 4.81. The highest BCUT2D eigenvalue weighted by molar-refractivity contribution is 5.90. The van der Waals surface area contributed by atoms with Crippen LogP contribution < -0.4 is 11.1 Å². The van der Waals surface area contributed by atoms with Crippen LogP contribution in [0.3, 0.4) is 0 Å². The topological polar surface area (TPSA) is 84.7 Å². The first-order valence-corrected chi connectivity index (χ1v) is 7.03. The number of nitrogens with one attached hydrogen (secondary N) is 1. The molecular formula is C13H25N3O3. The van der Waals surface area contributed by atoms with Gasteiger partial charge in [0.25, 0.3) is 0 Å². The summed E-state index contributed by atoms with van der Waals surface area (Å²) in [6, 6.07) is -1.07. The molecule has 6 heteroatoms. The van der Waals surface area contributed by atoms with E-state index in [1.807, 2.05) is 13.8 Å². The number of rotatable bonds is 6. The van der Waals surface area contributed by atoms with E-state index in [4.69, 9.17) is 10.5 Å². The molecule has 0 bridgehead atoms. The smallest absolute Gasteiger partial charge is 0.245 e. The molecule has 1 saturated heterocycles. The molecular weight excluding hydrogens is 246 g/mol. The van der Waals surface area contributed by atoms with Crippen LogP contribution in [0.5, 0.6) is 0 Å². The summed E-state index contributed by atoms with van der Waals surface area (Å²) >= 11 is 0. The maximum Gasteiger partial charge on any atom is 0.245 e. The Morgan fingerprint density at radius 1 is 1.42 bits per heavy atom. The number of hydrogen-bond donors (Lipinski definition) is 2. The highest BCUT2D eigenvalue weighted by Gasteiger charge is 2.34. The lowest BCUT2D eigenvalue weighted by Gasteiger charge is -2.36. The molecule has 0 spiro atoms. The van der Waals surface area contributed by atoms with E-state index in [1.54, 1.807) is 4.90 Å². The summed E-state index contributed by atoms with van der Waals surface area (Å²) in [5.41, 5.74) is 5.86. The van der Waals surface area contributed by atoms with Crippen LogP contribution in [-0.4, -0.2) is 55.1 Å². The van der Waals surface area contributed by atoms with Gasteiger partial charge in [-0.3, -0.25) is 9.59 Å². The zero-order valence-electron chi connectivity index (χ0n) is 11.9. The lowest BCUT2D eigenvalue weighted by atomic mass is 10.1. The Kier molecular flexibility index (Phi) is 6.80. The van der Waals surface area contributed by atoms with Gasteiger partial charge < -0.3 is 20.7 Å². The number of nitrogens with zero attached hydrogens (tertiary/aromatic N) is 1. The molecule has 0 saturated carbocycles. The summed E-state index contributed by atoms with van der Waals surface area (Å²) in [4.78, 5) is 25.8. The third-order valence-electron chi connectivity index (χ3n) is 3.18. The molecule has 6 nitrogen and oxygen atoms in total. The molecule has 1 aliphatic rings. The van der Waals surface area contributed by atoms with Crippen LogP contribution in [0, 0.1) is 0 Å².